The summed E-state index contributed by atoms with van der Waals surface area (Å²) in [5, 5.41) is 6.33. The zero-order valence-electron chi connectivity index (χ0n) is 11.6. The molecule has 1 aliphatic rings. The molecule has 2 N–H and O–H groups in total. The van der Waals surface area contributed by atoms with Gasteiger partial charge in [0.1, 0.15) is 5.75 Å². The number of carbonyl (C=O) groups excluding carboxylic acids is 1. The Labute approximate surface area is 114 Å². The predicted molar refractivity (Wildman–Crippen MR) is 75.1 cm³/mol. The van der Waals surface area contributed by atoms with Crippen molar-refractivity contribution in [3.63, 3.8) is 0 Å². The SMILES string of the molecule is COc1cccc([C@H](C)NC(=O)CC2CCNC2)c1. The van der Waals surface area contributed by atoms with Crippen LogP contribution >= 0.6 is 0 Å². The van der Waals surface area contributed by atoms with E-state index >= 15 is 0 Å². The fraction of sp³-hybridized carbons (Fsp3) is 0.533. The average Bonchev–Trinajstić information content (AvgIpc) is 2.91. The summed E-state index contributed by atoms with van der Waals surface area (Å²) >= 11 is 0. The molecule has 1 aromatic carbocycles. The second kappa shape index (κ2) is 6.57. The molecule has 0 spiro atoms. The molecule has 0 saturated carbocycles. The van der Waals surface area contributed by atoms with Gasteiger partial charge in [0.2, 0.25) is 5.91 Å². The minimum atomic E-state index is 0.0111. The maximum absolute atomic E-state index is 12.0. The molecule has 4 nitrogen and oxygen atoms in total. The van der Waals surface area contributed by atoms with Crippen molar-refractivity contribution in [2.45, 2.75) is 25.8 Å². The molecule has 0 aliphatic carbocycles. The highest BCUT2D eigenvalue weighted by Gasteiger charge is 2.19. The van der Waals surface area contributed by atoms with Gasteiger partial charge in [0.25, 0.3) is 0 Å². The van der Waals surface area contributed by atoms with Crippen molar-refractivity contribution in [3.05, 3.63) is 29.8 Å². The molecule has 2 rings (SSSR count). The highest BCUT2D eigenvalue weighted by Crippen LogP contribution is 2.19. The van der Waals surface area contributed by atoms with Crippen LogP contribution in [0.25, 0.3) is 0 Å². The van der Waals surface area contributed by atoms with Crippen LogP contribution in [0.3, 0.4) is 0 Å². The quantitative estimate of drug-likeness (QED) is 0.851. The number of amides is 1. The van der Waals surface area contributed by atoms with Crippen LogP contribution in [0.15, 0.2) is 24.3 Å². The Balaban J connectivity index is 1.88. The summed E-state index contributed by atoms with van der Waals surface area (Å²) < 4.78 is 5.20. The third kappa shape index (κ3) is 3.96. The third-order valence-corrected chi connectivity index (χ3v) is 3.61. The largest absolute Gasteiger partial charge is 0.497 e. The third-order valence-electron chi connectivity index (χ3n) is 3.61. The van der Waals surface area contributed by atoms with E-state index in [9.17, 15) is 4.79 Å². The van der Waals surface area contributed by atoms with Crippen molar-refractivity contribution in [3.8, 4) is 5.75 Å². The lowest BCUT2D eigenvalue weighted by Gasteiger charge is -2.16. The lowest BCUT2D eigenvalue weighted by molar-refractivity contribution is -0.122. The van der Waals surface area contributed by atoms with Gasteiger partial charge in [-0.3, -0.25) is 4.79 Å². The molecule has 1 unspecified atom stereocenters. The molecule has 1 saturated heterocycles. The number of carbonyl (C=O) groups is 1. The Bertz CT molecular complexity index is 428. The first-order valence-corrected chi connectivity index (χ1v) is 6.83. The number of nitrogens with one attached hydrogen (secondary N) is 2. The normalized spacial score (nSPS) is 20.0. The molecular formula is C15H22N2O2. The second-order valence-electron chi connectivity index (χ2n) is 5.13. The molecule has 1 aliphatic heterocycles. The van der Waals surface area contributed by atoms with Gasteiger partial charge in [0.05, 0.1) is 13.2 Å². The Morgan fingerprint density at radius 2 is 2.42 bits per heavy atom. The minimum Gasteiger partial charge on any atom is -0.497 e. The van der Waals surface area contributed by atoms with Crippen LogP contribution < -0.4 is 15.4 Å². The summed E-state index contributed by atoms with van der Waals surface area (Å²) in [6, 6.07) is 7.82. The summed E-state index contributed by atoms with van der Waals surface area (Å²) in [6.45, 7) is 3.99. The highest BCUT2D eigenvalue weighted by atomic mass is 16.5. The number of ether oxygens (including phenoxy) is 1. The van der Waals surface area contributed by atoms with Gasteiger partial charge in [-0.2, -0.15) is 0 Å². The zero-order valence-corrected chi connectivity index (χ0v) is 11.6. The molecule has 2 atom stereocenters. The van der Waals surface area contributed by atoms with E-state index in [4.69, 9.17) is 4.74 Å². The Hall–Kier alpha value is -1.55. The van der Waals surface area contributed by atoms with Gasteiger partial charge in [0, 0.05) is 6.42 Å². The first-order valence-electron chi connectivity index (χ1n) is 6.83. The van der Waals surface area contributed by atoms with Gasteiger partial charge < -0.3 is 15.4 Å². The Morgan fingerprint density at radius 3 is 3.11 bits per heavy atom. The molecule has 104 valence electrons. The maximum atomic E-state index is 12.0. The molecule has 1 aromatic rings. The van der Waals surface area contributed by atoms with E-state index in [0.29, 0.717) is 12.3 Å². The number of hydrogen-bond donors (Lipinski definition) is 2. The summed E-state index contributed by atoms with van der Waals surface area (Å²) in [5.41, 5.74) is 1.07. The van der Waals surface area contributed by atoms with Gasteiger partial charge >= 0.3 is 0 Å². The monoisotopic (exact) mass is 262 g/mol. The fourth-order valence-electron chi connectivity index (χ4n) is 2.45. The van der Waals surface area contributed by atoms with Crippen LogP contribution in [0.2, 0.25) is 0 Å². The molecule has 1 amide bonds. The van der Waals surface area contributed by atoms with Crippen LogP contribution in [0.4, 0.5) is 0 Å². The van der Waals surface area contributed by atoms with Crippen LogP contribution in [0.5, 0.6) is 5.75 Å². The maximum Gasteiger partial charge on any atom is 0.220 e. The van der Waals surface area contributed by atoms with Gasteiger partial charge in [-0.1, -0.05) is 12.1 Å². The van der Waals surface area contributed by atoms with Gasteiger partial charge in [-0.05, 0) is 50.0 Å². The summed E-state index contributed by atoms with van der Waals surface area (Å²) in [4.78, 5) is 12.0. The number of rotatable bonds is 5. The van der Waals surface area contributed by atoms with Crippen molar-refractivity contribution in [2.75, 3.05) is 20.2 Å². The average molecular weight is 262 g/mol. The van der Waals surface area contributed by atoms with E-state index in [0.717, 1.165) is 30.8 Å². The van der Waals surface area contributed by atoms with E-state index in [1.807, 2.05) is 31.2 Å². The second-order valence-corrected chi connectivity index (χ2v) is 5.13. The van der Waals surface area contributed by atoms with Crippen LogP contribution in [0.1, 0.15) is 31.4 Å². The van der Waals surface area contributed by atoms with Crippen molar-refractivity contribution in [1.29, 1.82) is 0 Å². The van der Waals surface area contributed by atoms with E-state index in [-0.39, 0.29) is 11.9 Å². The van der Waals surface area contributed by atoms with E-state index in [1.54, 1.807) is 7.11 Å². The highest BCUT2D eigenvalue weighted by molar-refractivity contribution is 5.76. The van der Waals surface area contributed by atoms with Gasteiger partial charge in [-0.15, -0.1) is 0 Å². The van der Waals surface area contributed by atoms with Crippen molar-refractivity contribution >= 4 is 5.91 Å². The molecule has 19 heavy (non-hydrogen) atoms. The Kier molecular flexibility index (Phi) is 4.80. The summed E-state index contributed by atoms with van der Waals surface area (Å²) in [5.74, 6) is 1.43. The van der Waals surface area contributed by atoms with Crippen molar-refractivity contribution < 1.29 is 9.53 Å². The van der Waals surface area contributed by atoms with Crippen LogP contribution in [-0.2, 0) is 4.79 Å². The minimum absolute atomic E-state index is 0.0111. The van der Waals surface area contributed by atoms with Gasteiger partial charge in [0.15, 0.2) is 0 Å². The molecular weight excluding hydrogens is 240 g/mol. The Morgan fingerprint density at radius 1 is 1.58 bits per heavy atom. The molecule has 0 radical (unpaired) electrons. The van der Waals surface area contributed by atoms with E-state index < -0.39 is 0 Å². The number of benzene rings is 1. The lowest BCUT2D eigenvalue weighted by Crippen LogP contribution is -2.28. The predicted octanol–water partition coefficient (Wildman–Crippen LogP) is 1.87. The van der Waals surface area contributed by atoms with Gasteiger partial charge in [-0.25, -0.2) is 0 Å². The van der Waals surface area contributed by atoms with Crippen molar-refractivity contribution in [2.24, 2.45) is 5.92 Å². The first kappa shape index (κ1) is 13.9. The molecule has 0 bridgehead atoms. The number of methoxy groups -OCH3 is 1. The van der Waals surface area contributed by atoms with E-state index in [1.165, 1.54) is 0 Å². The van der Waals surface area contributed by atoms with Crippen LogP contribution in [0, 0.1) is 5.92 Å². The standard InChI is InChI=1S/C15H22N2O2/c1-11(13-4-3-5-14(9-13)19-2)17-15(18)8-12-6-7-16-10-12/h3-5,9,11-12,16H,6-8,10H2,1-2H3,(H,17,18)/t11-,12?/m0/s1. The lowest BCUT2D eigenvalue weighted by atomic mass is 10.0. The summed E-state index contributed by atoms with van der Waals surface area (Å²) in [6.07, 6.45) is 1.71. The first-order chi connectivity index (χ1) is 9.19. The molecule has 0 aromatic heterocycles. The van der Waals surface area contributed by atoms with Crippen molar-refractivity contribution in [1.82, 2.24) is 10.6 Å². The smallest absolute Gasteiger partial charge is 0.220 e. The summed E-state index contributed by atoms with van der Waals surface area (Å²) in [7, 11) is 1.65. The van der Waals surface area contributed by atoms with E-state index in [2.05, 4.69) is 10.6 Å². The molecule has 4 heteroatoms. The topological polar surface area (TPSA) is 50.4 Å². The molecule has 1 fully saturated rings. The fourth-order valence-corrected chi connectivity index (χ4v) is 2.45. The molecule has 1 heterocycles. The number of hydrogen-bond acceptors (Lipinski definition) is 3. The van der Waals surface area contributed by atoms with Crippen LogP contribution in [-0.4, -0.2) is 26.1 Å². The zero-order chi connectivity index (χ0) is 13.7.